The molecule has 0 aliphatic rings. The van der Waals surface area contributed by atoms with Crippen molar-refractivity contribution < 1.29 is 4.79 Å². The van der Waals surface area contributed by atoms with Gasteiger partial charge < -0.3 is 10.6 Å². The molecule has 0 aliphatic heterocycles. The number of para-hydroxylation sites is 1. The number of benzene rings is 2. The second-order valence-corrected chi connectivity index (χ2v) is 8.08. The number of hydrogen-bond donors (Lipinski definition) is 2. The van der Waals surface area contributed by atoms with Crippen LogP contribution in [-0.2, 0) is 19.4 Å². The fraction of sp³-hybridized carbons (Fsp3) is 0.222. The molecule has 4 rings (SSSR count). The molecule has 5 heteroatoms. The largest absolute Gasteiger partial charge is 0.334 e. The van der Waals surface area contributed by atoms with Gasteiger partial charge in [-0.05, 0) is 73.2 Å². The van der Waals surface area contributed by atoms with Gasteiger partial charge in [-0.1, -0.05) is 43.3 Å². The summed E-state index contributed by atoms with van der Waals surface area (Å²) in [7, 11) is 0. The Kier molecular flexibility index (Phi) is 6.45. The molecule has 4 aromatic rings. The highest BCUT2D eigenvalue weighted by molar-refractivity contribution is 5.93. The van der Waals surface area contributed by atoms with E-state index in [0.29, 0.717) is 6.54 Å². The number of fused-ring (bicyclic) bond motifs is 1. The van der Waals surface area contributed by atoms with Gasteiger partial charge in [-0.25, -0.2) is 4.79 Å². The lowest BCUT2D eigenvalue weighted by Gasteiger charge is -2.13. The molecule has 32 heavy (non-hydrogen) atoms. The van der Waals surface area contributed by atoms with E-state index < -0.39 is 0 Å². The van der Waals surface area contributed by atoms with E-state index in [9.17, 15) is 4.79 Å². The fourth-order valence-electron chi connectivity index (χ4n) is 3.88. The molecular formula is C27H28N4O. The van der Waals surface area contributed by atoms with Gasteiger partial charge in [0, 0.05) is 23.8 Å². The summed E-state index contributed by atoms with van der Waals surface area (Å²) in [4.78, 5) is 21.5. The summed E-state index contributed by atoms with van der Waals surface area (Å²) in [6.07, 6.45) is 3.47. The summed E-state index contributed by atoms with van der Waals surface area (Å²) in [5.41, 5.74) is 8.41. The van der Waals surface area contributed by atoms with E-state index >= 15 is 0 Å². The second kappa shape index (κ2) is 9.60. The summed E-state index contributed by atoms with van der Waals surface area (Å²) in [5.74, 6) is 0. The third kappa shape index (κ3) is 5.11. The van der Waals surface area contributed by atoms with Crippen molar-refractivity contribution in [2.45, 2.75) is 40.2 Å². The zero-order valence-electron chi connectivity index (χ0n) is 18.8. The number of urea groups is 1. The molecule has 0 fully saturated rings. The van der Waals surface area contributed by atoms with Crippen molar-refractivity contribution in [3.05, 3.63) is 101 Å². The number of nitrogens with zero attached hydrogens (tertiary/aromatic N) is 2. The van der Waals surface area contributed by atoms with Crippen molar-refractivity contribution in [2.75, 3.05) is 5.32 Å². The van der Waals surface area contributed by atoms with E-state index in [1.54, 1.807) is 0 Å². The van der Waals surface area contributed by atoms with Gasteiger partial charge in [-0.15, -0.1) is 0 Å². The lowest BCUT2D eigenvalue weighted by molar-refractivity contribution is 0.251. The predicted molar refractivity (Wildman–Crippen MR) is 130 cm³/mol. The zero-order valence-corrected chi connectivity index (χ0v) is 18.8. The quantitative estimate of drug-likeness (QED) is 0.416. The molecule has 0 radical (unpaired) electrons. The van der Waals surface area contributed by atoms with E-state index in [0.717, 1.165) is 46.4 Å². The molecule has 0 atom stereocenters. The average molecular weight is 425 g/mol. The van der Waals surface area contributed by atoms with Crippen LogP contribution < -0.4 is 10.6 Å². The van der Waals surface area contributed by atoms with Crippen molar-refractivity contribution in [1.29, 1.82) is 0 Å². The summed E-state index contributed by atoms with van der Waals surface area (Å²) in [6.45, 7) is 6.62. The minimum absolute atomic E-state index is 0.231. The maximum Gasteiger partial charge on any atom is 0.319 e. The van der Waals surface area contributed by atoms with Crippen molar-refractivity contribution in [3.63, 3.8) is 0 Å². The van der Waals surface area contributed by atoms with Gasteiger partial charge in [0.15, 0.2) is 0 Å². The maximum atomic E-state index is 12.6. The third-order valence-electron chi connectivity index (χ3n) is 5.60. The van der Waals surface area contributed by atoms with E-state index in [1.165, 1.54) is 16.7 Å². The SMILES string of the molecule is CCc1nc2ccccc2cc1NC(=O)NCc1ccc(Cc2ccnc(C)c2)c(C)c1. The molecule has 0 unspecified atom stereocenters. The first kappa shape index (κ1) is 21.5. The third-order valence-corrected chi connectivity index (χ3v) is 5.60. The van der Waals surface area contributed by atoms with E-state index in [1.807, 2.05) is 50.4 Å². The van der Waals surface area contributed by atoms with Gasteiger partial charge in [0.25, 0.3) is 0 Å². The molecule has 5 nitrogen and oxygen atoms in total. The van der Waals surface area contributed by atoms with Crippen LogP contribution in [0.1, 0.15) is 40.6 Å². The highest BCUT2D eigenvalue weighted by atomic mass is 16.2. The molecule has 2 N–H and O–H groups in total. The Morgan fingerprint density at radius 2 is 1.81 bits per heavy atom. The minimum Gasteiger partial charge on any atom is -0.334 e. The van der Waals surface area contributed by atoms with Crippen LogP contribution in [0.5, 0.6) is 0 Å². The van der Waals surface area contributed by atoms with Gasteiger partial charge in [-0.2, -0.15) is 0 Å². The Bertz CT molecular complexity index is 1270. The molecule has 0 spiro atoms. The number of aromatic nitrogens is 2. The van der Waals surface area contributed by atoms with Crippen molar-refractivity contribution in [2.24, 2.45) is 0 Å². The van der Waals surface area contributed by atoms with Crippen LogP contribution in [0.4, 0.5) is 10.5 Å². The van der Waals surface area contributed by atoms with E-state index in [4.69, 9.17) is 0 Å². The summed E-state index contributed by atoms with van der Waals surface area (Å²) in [6, 6.07) is 20.2. The number of aryl methyl sites for hydroxylation is 3. The maximum absolute atomic E-state index is 12.6. The van der Waals surface area contributed by atoms with Crippen LogP contribution in [0, 0.1) is 13.8 Å². The summed E-state index contributed by atoms with van der Waals surface area (Å²) in [5, 5.41) is 6.94. The van der Waals surface area contributed by atoms with Crippen molar-refractivity contribution in [1.82, 2.24) is 15.3 Å². The number of nitrogens with one attached hydrogen (secondary N) is 2. The molecule has 162 valence electrons. The van der Waals surface area contributed by atoms with Gasteiger partial charge in [0.2, 0.25) is 0 Å². The molecule has 2 heterocycles. The fourth-order valence-corrected chi connectivity index (χ4v) is 3.88. The Hall–Kier alpha value is -3.73. The number of carbonyl (C=O) groups is 1. The minimum atomic E-state index is -0.231. The molecule has 2 aromatic carbocycles. The highest BCUT2D eigenvalue weighted by Gasteiger charge is 2.10. The van der Waals surface area contributed by atoms with Crippen LogP contribution in [0.2, 0.25) is 0 Å². The van der Waals surface area contributed by atoms with Gasteiger partial charge in [0.1, 0.15) is 0 Å². The topological polar surface area (TPSA) is 66.9 Å². The zero-order chi connectivity index (χ0) is 22.5. The monoisotopic (exact) mass is 424 g/mol. The molecule has 0 saturated heterocycles. The second-order valence-electron chi connectivity index (χ2n) is 8.08. The molecule has 0 saturated carbocycles. The molecule has 2 aromatic heterocycles. The van der Waals surface area contributed by atoms with Crippen LogP contribution in [0.25, 0.3) is 10.9 Å². The van der Waals surface area contributed by atoms with Gasteiger partial charge in [0.05, 0.1) is 16.9 Å². The Morgan fingerprint density at radius 1 is 0.969 bits per heavy atom. The number of rotatable bonds is 6. The average Bonchev–Trinajstić information content (AvgIpc) is 2.79. The molecule has 0 aliphatic carbocycles. The van der Waals surface area contributed by atoms with Gasteiger partial charge >= 0.3 is 6.03 Å². The van der Waals surface area contributed by atoms with Crippen molar-refractivity contribution >= 4 is 22.6 Å². The first-order valence-electron chi connectivity index (χ1n) is 11.0. The molecule has 2 amide bonds. The Morgan fingerprint density at radius 3 is 2.59 bits per heavy atom. The van der Waals surface area contributed by atoms with Crippen LogP contribution in [0.3, 0.4) is 0 Å². The Balaban J connectivity index is 1.40. The van der Waals surface area contributed by atoms with E-state index in [2.05, 4.69) is 57.9 Å². The molecule has 0 bridgehead atoms. The first-order chi connectivity index (χ1) is 15.5. The first-order valence-corrected chi connectivity index (χ1v) is 11.0. The predicted octanol–water partition coefficient (Wildman–Crippen LogP) is 5.72. The number of hydrogen-bond acceptors (Lipinski definition) is 3. The van der Waals surface area contributed by atoms with Gasteiger partial charge in [-0.3, -0.25) is 9.97 Å². The smallest absolute Gasteiger partial charge is 0.319 e. The number of anilines is 1. The Labute approximate surface area is 188 Å². The lowest BCUT2D eigenvalue weighted by Crippen LogP contribution is -2.28. The number of pyridine rings is 2. The summed E-state index contributed by atoms with van der Waals surface area (Å²) >= 11 is 0. The normalized spacial score (nSPS) is 10.8. The number of carbonyl (C=O) groups excluding carboxylic acids is 1. The number of amides is 2. The van der Waals surface area contributed by atoms with Crippen LogP contribution in [-0.4, -0.2) is 16.0 Å². The lowest BCUT2D eigenvalue weighted by atomic mass is 9.99. The highest BCUT2D eigenvalue weighted by Crippen LogP contribution is 2.21. The standard InChI is InChI=1S/C27H28N4O/c1-4-24-26(16-23-7-5-6-8-25(23)30-24)31-27(32)29-17-21-9-10-22(18(2)13-21)15-20-11-12-28-19(3)14-20/h5-14,16H,4,15,17H2,1-3H3,(H2,29,31,32). The molecular weight excluding hydrogens is 396 g/mol. The summed E-state index contributed by atoms with van der Waals surface area (Å²) < 4.78 is 0. The van der Waals surface area contributed by atoms with Crippen LogP contribution >= 0.6 is 0 Å². The van der Waals surface area contributed by atoms with Crippen LogP contribution in [0.15, 0.2) is 66.9 Å². The van der Waals surface area contributed by atoms with E-state index in [-0.39, 0.29) is 6.03 Å². The van der Waals surface area contributed by atoms with Crippen molar-refractivity contribution in [3.8, 4) is 0 Å².